The summed E-state index contributed by atoms with van der Waals surface area (Å²) in [6, 6.07) is 14.9. The molecule has 0 aromatic heterocycles. The topological polar surface area (TPSA) is 52.6 Å². The lowest BCUT2D eigenvalue weighted by atomic mass is 9.99. The van der Waals surface area contributed by atoms with Crippen molar-refractivity contribution in [3.8, 4) is 5.75 Å². The molecule has 0 bridgehead atoms. The first-order valence-corrected chi connectivity index (χ1v) is 9.85. The number of rotatable bonds is 9. The summed E-state index contributed by atoms with van der Waals surface area (Å²) in [5.74, 6) is 0.514. The number of ether oxygens (including phenoxy) is 1. The summed E-state index contributed by atoms with van der Waals surface area (Å²) in [6.45, 7) is 4.31. The number of aryl methyl sites for hydroxylation is 1. The van der Waals surface area contributed by atoms with Crippen LogP contribution < -0.4 is 4.74 Å². The average molecular weight is 360 g/mol. The van der Waals surface area contributed by atoms with Crippen molar-refractivity contribution in [3.05, 3.63) is 65.2 Å². The van der Waals surface area contributed by atoms with Gasteiger partial charge in [0.15, 0.2) is 16.9 Å². The van der Waals surface area contributed by atoms with Crippen LogP contribution in [0.15, 0.2) is 48.5 Å². The van der Waals surface area contributed by atoms with Crippen molar-refractivity contribution in [2.24, 2.45) is 0 Å². The first kappa shape index (κ1) is 19.3. The summed E-state index contributed by atoms with van der Waals surface area (Å²) < 4.78 is 22.0. The molecule has 0 fully saturated rings. The minimum atomic E-state index is -1.28. The Bertz CT molecular complexity index is 728. The maximum atomic E-state index is 12.9. The van der Waals surface area contributed by atoms with E-state index in [4.69, 9.17) is 8.92 Å². The lowest BCUT2D eigenvalue weighted by Crippen LogP contribution is -2.17. The van der Waals surface area contributed by atoms with Gasteiger partial charge >= 0.3 is 0 Å². The van der Waals surface area contributed by atoms with Gasteiger partial charge in [-0.1, -0.05) is 43.3 Å². The number of hydrogen-bond donors (Lipinski definition) is 0. The molecule has 0 aliphatic rings. The van der Waals surface area contributed by atoms with E-state index < -0.39 is 11.1 Å². The van der Waals surface area contributed by atoms with E-state index in [2.05, 4.69) is 6.92 Å². The Morgan fingerprint density at radius 1 is 1.16 bits per heavy atom. The van der Waals surface area contributed by atoms with Crippen LogP contribution in [0.25, 0.3) is 0 Å². The summed E-state index contributed by atoms with van der Waals surface area (Å²) in [5.41, 5.74) is 2.29. The van der Waals surface area contributed by atoms with Crippen LogP contribution in [0.2, 0.25) is 0 Å². The molecule has 2 rings (SSSR count). The molecule has 2 atom stereocenters. The van der Waals surface area contributed by atoms with Crippen LogP contribution in [-0.4, -0.2) is 29.0 Å². The van der Waals surface area contributed by atoms with Crippen molar-refractivity contribution in [1.82, 2.24) is 0 Å². The van der Waals surface area contributed by atoms with Crippen molar-refractivity contribution >= 4 is 16.9 Å². The molecule has 2 aromatic rings. The summed E-state index contributed by atoms with van der Waals surface area (Å²) in [7, 11) is 0. The summed E-state index contributed by atoms with van der Waals surface area (Å²) >= 11 is -1.28. The zero-order valence-electron chi connectivity index (χ0n) is 14.9. The van der Waals surface area contributed by atoms with E-state index in [1.807, 2.05) is 43.3 Å². The lowest BCUT2D eigenvalue weighted by Gasteiger charge is -2.17. The van der Waals surface area contributed by atoms with Crippen LogP contribution in [-0.2, 0) is 21.7 Å². The molecular formula is C20H24O4S. The largest absolute Gasteiger partial charge is 0.490 e. The number of hydrogen-bond acceptors (Lipinski definition) is 4. The molecule has 0 heterocycles. The van der Waals surface area contributed by atoms with Crippen LogP contribution in [0, 0.1) is 0 Å². The summed E-state index contributed by atoms with van der Waals surface area (Å²) in [6.07, 6.45) is 2.78. The molecule has 0 radical (unpaired) electrons. The third kappa shape index (κ3) is 5.80. The molecule has 0 N–H and O–H groups in total. The fraction of sp³-hybridized carbons (Fsp3) is 0.350. The van der Waals surface area contributed by atoms with Gasteiger partial charge in [-0.05, 0) is 31.0 Å². The number of benzene rings is 2. The van der Waals surface area contributed by atoms with Gasteiger partial charge in [-0.25, -0.2) is 4.21 Å². The van der Waals surface area contributed by atoms with Gasteiger partial charge in [0.25, 0.3) is 0 Å². The molecule has 134 valence electrons. The number of ketones is 1. The van der Waals surface area contributed by atoms with Crippen LogP contribution in [0.5, 0.6) is 5.75 Å². The highest BCUT2D eigenvalue weighted by atomic mass is 32.2. The van der Waals surface area contributed by atoms with E-state index in [9.17, 15) is 9.00 Å². The van der Waals surface area contributed by atoms with Gasteiger partial charge in [0.05, 0.1) is 18.3 Å². The van der Waals surface area contributed by atoms with E-state index in [0.717, 1.165) is 12.0 Å². The second kappa shape index (κ2) is 9.49. The number of carbonyl (C=O) groups excluding carboxylic acids is 1. The fourth-order valence-electron chi connectivity index (χ4n) is 2.43. The maximum Gasteiger partial charge on any atom is 0.196 e. The highest BCUT2D eigenvalue weighted by molar-refractivity contribution is 7.79. The van der Waals surface area contributed by atoms with E-state index in [1.165, 1.54) is 6.26 Å². The molecule has 0 saturated carbocycles. The predicted octanol–water partition coefficient (Wildman–Crippen LogP) is 3.95. The molecule has 2 aromatic carbocycles. The Morgan fingerprint density at radius 2 is 1.88 bits per heavy atom. The maximum absolute atomic E-state index is 12.9. The third-order valence-electron chi connectivity index (χ3n) is 3.83. The molecule has 0 aliphatic heterocycles. The van der Waals surface area contributed by atoms with Crippen LogP contribution in [0.4, 0.5) is 0 Å². The second-order valence-electron chi connectivity index (χ2n) is 5.82. The minimum Gasteiger partial charge on any atom is -0.490 e. The molecule has 0 saturated heterocycles. The van der Waals surface area contributed by atoms with Crippen molar-refractivity contribution in [3.63, 3.8) is 0 Å². The molecular weight excluding hydrogens is 336 g/mol. The SMILES string of the molecule is CCc1ccc(O[C@H](C)CCOS(C)=O)c(C(=O)c2ccccc2)c1. The van der Waals surface area contributed by atoms with E-state index >= 15 is 0 Å². The number of carbonyl (C=O) groups is 1. The second-order valence-corrected chi connectivity index (χ2v) is 6.86. The predicted molar refractivity (Wildman–Crippen MR) is 100 cm³/mol. The van der Waals surface area contributed by atoms with Gasteiger partial charge < -0.3 is 4.74 Å². The van der Waals surface area contributed by atoms with Crippen LogP contribution >= 0.6 is 0 Å². The molecule has 4 nitrogen and oxygen atoms in total. The standard InChI is InChI=1S/C20H24O4S/c1-4-16-10-11-19(24-15(2)12-13-23-25(3)22)18(14-16)20(21)17-8-6-5-7-9-17/h5-11,14-15H,4,12-13H2,1-3H3/t15-,25?/m1/s1. The first-order chi connectivity index (χ1) is 12.0. The van der Waals surface area contributed by atoms with E-state index in [-0.39, 0.29) is 11.9 Å². The Balaban J connectivity index is 2.20. The molecule has 0 aliphatic carbocycles. The minimum absolute atomic E-state index is 0.0518. The van der Waals surface area contributed by atoms with Gasteiger partial charge in [-0.2, -0.15) is 0 Å². The van der Waals surface area contributed by atoms with Gasteiger partial charge in [-0.3, -0.25) is 8.98 Å². The Kier molecular flexibility index (Phi) is 7.34. The van der Waals surface area contributed by atoms with E-state index in [1.54, 1.807) is 12.1 Å². The Morgan fingerprint density at radius 3 is 2.52 bits per heavy atom. The van der Waals surface area contributed by atoms with Crippen LogP contribution in [0.3, 0.4) is 0 Å². The van der Waals surface area contributed by atoms with Crippen molar-refractivity contribution in [2.45, 2.75) is 32.8 Å². The highest BCUT2D eigenvalue weighted by Crippen LogP contribution is 2.25. The highest BCUT2D eigenvalue weighted by Gasteiger charge is 2.17. The van der Waals surface area contributed by atoms with E-state index in [0.29, 0.717) is 29.9 Å². The first-order valence-electron chi connectivity index (χ1n) is 8.37. The lowest BCUT2D eigenvalue weighted by molar-refractivity contribution is 0.103. The Hall–Kier alpha value is -1.98. The average Bonchev–Trinajstić information content (AvgIpc) is 2.62. The Labute approximate surface area is 151 Å². The van der Waals surface area contributed by atoms with Crippen molar-refractivity contribution in [2.75, 3.05) is 12.9 Å². The molecule has 25 heavy (non-hydrogen) atoms. The zero-order valence-corrected chi connectivity index (χ0v) is 15.7. The van der Waals surface area contributed by atoms with Gasteiger partial charge in [0.2, 0.25) is 0 Å². The monoisotopic (exact) mass is 360 g/mol. The summed E-state index contributed by atoms with van der Waals surface area (Å²) in [4.78, 5) is 12.9. The zero-order chi connectivity index (χ0) is 18.2. The van der Waals surface area contributed by atoms with Crippen LogP contribution in [0.1, 0.15) is 41.8 Å². The third-order valence-corrected chi connectivity index (χ3v) is 4.33. The van der Waals surface area contributed by atoms with Gasteiger partial charge in [-0.15, -0.1) is 0 Å². The molecule has 0 spiro atoms. The van der Waals surface area contributed by atoms with Crippen molar-refractivity contribution < 1.29 is 17.9 Å². The molecule has 1 unspecified atom stereocenters. The van der Waals surface area contributed by atoms with Gasteiger partial charge in [0, 0.05) is 18.2 Å². The smallest absolute Gasteiger partial charge is 0.196 e. The van der Waals surface area contributed by atoms with Gasteiger partial charge in [0.1, 0.15) is 5.75 Å². The molecule has 5 heteroatoms. The summed E-state index contributed by atoms with van der Waals surface area (Å²) in [5, 5.41) is 0. The quantitative estimate of drug-likeness (QED) is 0.636. The van der Waals surface area contributed by atoms with Crippen molar-refractivity contribution in [1.29, 1.82) is 0 Å². The fourth-order valence-corrected chi connectivity index (χ4v) is 2.76. The normalized spacial score (nSPS) is 13.2. The molecule has 0 amide bonds.